The predicted molar refractivity (Wildman–Crippen MR) is 61.7 cm³/mol. The lowest BCUT2D eigenvalue weighted by Gasteiger charge is -2.27. The molecule has 0 bridgehead atoms. The summed E-state index contributed by atoms with van der Waals surface area (Å²) in [4.78, 5) is 16.1. The van der Waals surface area contributed by atoms with Gasteiger partial charge in [0, 0.05) is 0 Å². The number of hydrogen-bond donors (Lipinski definition) is 3. The molecule has 0 fully saturated rings. The Balaban J connectivity index is 2.82. The van der Waals surface area contributed by atoms with E-state index in [0.717, 1.165) is 0 Å². The fourth-order valence-electron chi connectivity index (χ4n) is 1.08. The molecule has 0 aliphatic rings. The second-order valence-corrected chi connectivity index (χ2v) is 4.38. The number of nitrogens with two attached hydrogens (primary N) is 1. The predicted octanol–water partition coefficient (Wildman–Crippen LogP) is 0.788. The Labute approximate surface area is 97.2 Å². The van der Waals surface area contributed by atoms with E-state index in [0.29, 0.717) is 11.3 Å². The van der Waals surface area contributed by atoms with Crippen LogP contribution in [0.15, 0.2) is 16.9 Å². The number of carbonyl (C=O) groups is 1. The van der Waals surface area contributed by atoms with Crippen molar-refractivity contribution in [3.8, 4) is 0 Å². The highest BCUT2D eigenvalue weighted by Crippen LogP contribution is 2.12. The van der Waals surface area contributed by atoms with Crippen LogP contribution in [0.4, 0.5) is 0 Å². The maximum Gasteiger partial charge on any atom is 0.263 e. The number of hydrogen-bond acceptors (Lipinski definition) is 5. The van der Waals surface area contributed by atoms with Gasteiger partial charge >= 0.3 is 0 Å². The van der Waals surface area contributed by atoms with Gasteiger partial charge in [0.15, 0.2) is 5.84 Å². The molecule has 0 radical (unpaired) electrons. The molecule has 0 aliphatic heterocycles. The molecule has 0 aliphatic carbocycles. The second-order valence-electron chi connectivity index (χ2n) is 3.49. The topological polar surface area (TPSA) is 101 Å². The molecule has 1 rings (SSSR count). The zero-order valence-corrected chi connectivity index (χ0v) is 9.91. The van der Waals surface area contributed by atoms with Gasteiger partial charge in [-0.3, -0.25) is 9.78 Å². The van der Waals surface area contributed by atoms with Gasteiger partial charge in [-0.2, -0.15) is 0 Å². The lowest BCUT2D eigenvalue weighted by atomic mass is 9.97. The zero-order chi connectivity index (χ0) is 12.2. The fraction of sp³-hybridized carbons (Fsp3) is 0.444. The van der Waals surface area contributed by atoms with Crippen LogP contribution in [0.3, 0.4) is 0 Å². The van der Waals surface area contributed by atoms with Gasteiger partial charge in [0.2, 0.25) is 0 Å². The number of nitrogens with one attached hydrogen (secondary N) is 1. The first kappa shape index (κ1) is 12.4. The van der Waals surface area contributed by atoms with Crippen molar-refractivity contribution >= 4 is 23.1 Å². The summed E-state index contributed by atoms with van der Waals surface area (Å²) in [6.07, 6.45) is 2.00. The third kappa shape index (κ3) is 2.48. The molecule has 0 saturated heterocycles. The largest absolute Gasteiger partial charge is 0.409 e. The molecule has 1 aromatic heterocycles. The minimum atomic E-state index is -0.851. The van der Waals surface area contributed by atoms with Crippen LogP contribution >= 0.6 is 11.3 Å². The average molecular weight is 242 g/mol. The molecule has 6 nitrogen and oxygen atoms in total. The van der Waals surface area contributed by atoms with Gasteiger partial charge in [0.25, 0.3) is 5.91 Å². The third-order valence-electron chi connectivity index (χ3n) is 2.43. The number of rotatable bonds is 4. The highest BCUT2D eigenvalue weighted by Gasteiger charge is 2.30. The van der Waals surface area contributed by atoms with Crippen LogP contribution in [-0.4, -0.2) is 27.5 Å². The zero-order valence-electron chi connectivity index (χ0n) is 9.10. The van der Waals surface area contributed by atoms with Gasteiger partial charge < -0.3 is 16.3 Å². The summed E-state index contributed by atoms with van der Waals surface area (Å²) >= 11 is 1.24. The van der Waals surface area contributed by atoms with Crippen LogP contribution in [0.25, 0.3) is 0 Å². The number of carbonyl (C=O) groups excluding carboxylic acids is 1. The molecule has 1 heterocycles. The number of amidine groups is 1. The molecule has 0 aromatic carbocycles. The van der Waals surface area contributed by atoms with E-state index in [1.165, 1.54) is 17.5 Å². The number of thiazole rings is 1. The first-order chi connectivity index (χ1) is 7.53. The summed E-state index contributed by atoms with van der Waals surface area (Å²) in [5.74, 6) is -0.300. The van der Waals surface area contributed by atoms with Crippen LogP contribution in [0.1, 0.15) is 29.9 Å². The first-order valence-electron chi connectivity index (χ1n) is 4.72. The van der Waals surface area contributed by atoms with Gasteiger partial charge in [-0.15, -0.1) is 11.3 Å². The van der Waals surface area contributed by atoms with E-state index in [1.54, 1.807) is 12.4 Å². The Hall–Kier alpha value is -1.63. The number of nitrogens with zero attached hydrogens (tertiary/aromatic N) is 2. The van der Waals surface area contributed by atoms with Gasteiger partial charge in [0.05, 0.1) is 17.2 Å². The number of aromatic nitrogens is 1. The van der Waals surface area contributed by atoms with E-state index in [4.69, 9.17) is 10.9 Å². The van der Waals surface area contributed by atoms with Crippen LogP contribution < -0.4 is 11.1 Å². The molecule has 16 heavy (non-hydrogen) atoms. The maximum atomic E-state index is 11.8. The third-order valence-corrected chi connectivity index (χ3v) is 3.20. The smallest absolute Gasteiger partial charge is 0.263 e. The fourth-order valence-corrected chi connectivity index (χ4v) is 1.60. The summed E-state index contributed by atoms with van der Waals surface area (Å²) in [5.41, 5.74) is 6.26. The van der Waals surface area contributed by atoms with Crippen molar-refractivity contribution in [1.82, 2.24) is 10.3 Å². The quantitative estimate of drug-likeness (QED) is 0.314. The van der Waals surface area contributed by atoms with E-state index in [9.17, 15) is 4.79 Å². The summed E-state index contributed by atoms with van der Waals surface area (Å²) in [7, 11) is 0. The number of oxime groups is 1. The van der Waals surface area contributed by atoms with Crippen molar-refractivity contribution in [3.63, 3.8) is 0 Å². The minimum Gasteiger partial charge on any atom is -0.409 e. The van der Waals surface area contributed by atoms with Gasteiger partial charge in [0.1, 0.15) is 4.88 Å². The van der Waals surface area contributed by atoms with E-state index < -0.39 is 5.54 Å². The molecule has 0 spiro atoms. The summed E-state index contributed by atoms with van der Waals surface area (Å²) < 4.78 is 0. The molecule has 1 unspecified atom stereocenters. The number of amides is 1. The molecular formula is C9H14N4O2S. The summed E-state index contributed by atoms with van der Waals surface area (Å²) in [6, 6.07) is 0. The Morgan fingerprint density at radius 1 is 1.81 bits per heavy atom. The normalized spacial score (nSPS) is 15.5. The molecule has 1 atom stereocenters. The Morgan fingerprint density at radius 2 is 2.50 bits per heavy atom. The van der Waals surface area contributed by atoms with E-state index >= 15 is 0 Å². The molecule has 1 amide bonds. The van der Waals surface area contributed by atoms with Gasteiger partial charge in [-0.25, -0.2) is 0 Å². The molecule has 7 heteroatoms. The van der Waals surface area contributed by atoms with E-state index in [1.807, 2.05) is 6.92 Å². The minimum absolute atomic E-state index is 0.0205. The highest BCUT2D eigenvalue weighted by molar-refractivity contribution is 7.11. The van der Waals surface area contributed by atoms with Crippen molar-refractivity contribution in [2.75, 3.05) is 0 Å². The second kappa shape index (κ2) is 4.93. The van der Waals surface area contributed by atoms with Crippen molar-refractivity contribution in [2.24, 2.45) is 10.9 Å². The Bertz CT molecular complexity index is 390. The standard InChI is InChI=1S/C9H14N4O2S/c1-3-9(2,8(10)13-15)12-7(14)6-4-11-5-16-6/h4-5,15H,3H2,1-2H3,(H2,10,13)(H,12,14). The molecule has 0 saturated carbocycles. The van der Waals surface area contributed by atoms with Crippen molar-refractivity contribution in [3.05, 3.63) is 16.6 Å². The van der Waals surface area contributed by atoms with Gasteiger partial charge in [-0.1, -0.05) is 12.1 Å². The molecular weight excluding hydrogens is 228 g/mol. The van der Waals surface area contributed by atoms with Crippen molar-refractivity contribution in [2.45, 2.75) is 25.8 Å². The lowest BCUT2D eigenvalue weighted by molar-refractivity contribution is 0.0929. The van der Waals surface area contributed by atoms with Crippen LogP contribution in [-0.2, 0) is 0 Å². The summed E-state index contributed by atoms with van der Waals surface area (Å²) in [6.45, 7) is 3.53. The SMILES string of the molecule is CCC(C)(NC(=O)c1cncs1)C(N)=NO. The molecule has 1 aromatic rings. The Kier molecular flexibility index (Phi) is 3.83. The van der Waals surface area contributed by atoms with E-state index in [-0.39, 0.29) is 11.7 Å². The van der Waals surface area contributed by atoms with E-state index in [2.05, 4.69) is 15.5 Å². The molecule has 88 valence electrons. The first-order valence-corrected chi connectivity index (χ1v) is 5.60. The average Bonchev–Trinajstić information content (AvgIpc) is 2.81. The van der Waals surface area contributed by atoms with Crippen molar-refractivity contribution in [1.29, 1.82) is 0 Å². The Morgan fingerprint density at radius 3 is 2.94 bits per heavy atom. The lowest BCUT2D eigenvalue weighted by Crippen LogP contribution is -2.54. The molecule has 4 N–H and O–H groups in total. The van der Waals surface area contributed by atoms with Crippen LogP contribution in [0, 0.1) is 0 Å². The van der Waals surface area contributed by atoms with Crippen LogP contribution in [0.2, 0.25) is 0 Å². The monoisotopic (exact) mass is 242 g/mol. The maximum absolute atomic E-state index is 11.8. The van der Waals surface area contributed by atoms with Crippen LogP contribution in [0.5, 0.6) is 0 Å². The summed E-state index contributed by atoms with van der Waals surface area (Å²) in [5, 5.41) is 14.3. The van der Waals surface area contributed by atoms with Crippen molar-refractivity contribution < 1.29 is 10.0 Å². The highest BCUT2D eigenvalue weighted by atomic mass is 32.1. The van der Waals surface area contributed by atoms with Gasteiger partial charge in [-0.05, 0) is 13.3 Å².